The highest BCUT2D eigenvalue weighted by atomic mass is 16.2. The van der Waals surface area contributed by atoms with Crippen molar-refractivity contribution < 1.29 is 9.59 Å². The van der Waals surface area contributed by atoms with E-state index in [0.717, 1.165) is 0 Å². The molecule has 0 aliphatic heterocycles. The molecule has 4 nitrogen and oxygen atoms in total. The summed E-state index contributed by atoms with van der Waals surface area (Å²) < 4.78 is 0. The number of nitrogens with zero attached hydrogens (tertiary/aromatic N) is 2. The lowest BCUT2D eigenvalue weighted by Gasteiger charge is -2.07. The predicted octanol–water partition coefficient (Wildman–Crippen LogP) is 2.18. The largest absolute Gasteiger partial charge is 0.349 e. The first-order valence-electron chi connectivity index (χ1n) is 6.65. The van der Waals surface area contributed by atoms with Gasteiger partial charge in [-0.05, 0) is 34.0 Å². The number of ketones is 1. The van der Waals surface area contributed by atoms with E-state index in [1.165, 1.54) is 37.6 Å². The van der Waals surface area contributed by atoms with Crippen LogP contribution >= 0.6 is 0 Å². The molecule has 0 rings (SSSR count). The van der Waals surface area contributed by atoms with Crippen LogP contribution in [-0.2, 0) is 9.59 Å². The Hall–Kier alpha value is -0.900. The van der Waals surface area contributed by atoms with Crippen molar-refractivity contribution in [2.24, 2.45) is 0 Å². The summed E-state index contributed by atoms with van der Waals surface area (Å²) in [5, 5.41) is 0. The molecule has 0 fully saturated rings. The van der Waals surface area contributed by atoms with Crippen LogP contribution in [0, 0.1) is 0 Å². The monoisotopic (exact) mass is 258 g/mol. The van der Waals surface area contributed by atoms with Gasteiger partial charge < -0.3 is 14.6 Å². The Morgan fingerprint density at radius 1 is 0.944 bits per heavy atom. The van der Waals surface area contributed by atoms with Gasteiger partial charge >= 0.3 is 0 Å². The summed E-state index contributed by atoms with van der Waals surface area (Å²) in [6.45, 7) is 4.96. The summed E-state index contributed by atoms with van der Waals surface area (Å²) in [7, 11) is 7.61. The maximum atomic E-state index is 10.8. The Morgan fingerprint density at radius 2 is 1.50 bits per heavy atom. The van der Waals surface area contributed by atoms with Gasteiger partial charge in [-0.15, -0.1) is 0 Å². The van der Waals surface area contributed by atoms with Crippen LogP contribution in [0.3, 0.4) is 0 Å². The average Bonchev–Trinajstić information content (AvgIpc) is 2.26. The van der Waals surface area contributed by atoms with Crippen LogP contribution in [0.1, 0.15) is 46.0 Å². The third kappa shape index (κ3) is 17.5. The van der Waals surface area contributed by atoms with Gasteiger partial charge in [0.2, 0.25) is 5.91 Å². The van der Waals surface area contributed by atoms with Gasteiger partial charge in [0.1, 0.15) is 5.78 Å². The molecule has 0 saturated heterocycles. The molecule has 108 valence electrons. The quantitative estimate of drug-likeness (QED) is 0.657. The number of rotatable bonds is 7. The lowest BCUT2D eigenvalue weighted by molar-refractivity contribution is -0.130. The second-order valence-electron chi connectivity index (χ2n) is 5.00. The minimum Gasteiger partial charge on any atom is -0.349 e. The molecule has 0 atom stereocenters. The first-order chi connectivity index (χ1) is 8.31. The number of amides is 1. The minimum atomic E-state index is 0.00944. The van der Waals surface area contributed by atoms with Gasteiger partial charge in [0.15, 0.2) is 0 Å². The molecule has 1 amide bonds. The van der Waals surface area contributed by atoms with Gasteiger partial charge in [0.25, 0.3) is 0 Å². The van der Waals surface area contributed by atoms with E-state index in [4.69, 9.17) is 0 Å². The highest BCUT2D eigenvalue weighted by Crippen LogP contribution is 1.94. The molecule has 0 aliphatic rings. The van der Waals surface area contributed by atoms with Crippen molar-refractivity contribution in [3.05, 3.63) is 0 Å². The van der Waals surface area contributed by atoms with Crippen LogP contribution in [0.25, 0.3) is 0 Å². The fourth-order valence-electron chi connectivity index (χ4n) is 1.18. The topological polar surface area (TPSA) is 40.6 Å². The van der Waals surface area contributed by atoms with Crippen molar-refractivity contribution in [3.8, 4) is 0 Å². The highest BCUT2D eigenvalue weighted by Gasteiger charge is 2.04. The second-order valence-corrected chi connectivity index (χ2v) is 5.00. The van der Waals surface area contributed by atoms with Crippen LogP contribution in [0.2, 0.25) is 0 Å². The van der Waals surface area contributed by atoms with E-state index in [2.05, 4.69) is 25.9 Å². The number of unbranched alkanes of at least 4 members (excludes halogenated alkanes) is 2. The molecule has 0 heterocycles. The molecule has 18 heavy (non-hydrogen) atoms. The molecule has 0 N–H and O–H groups in total. The summed E-state index contributed by atoms with van der Waals surface area (Å²) in [4.78, 5) is 24.9. The predicted molar refractivity (Wildman–Crippen MR) is 76.7 cm³/mol. The molecule has 0 aromatic heterocycles. The van der Waals surface area contributed by atoms with Crippen molar-refractivity contribution in [2.75, 3.05) is 34.7 Å². The first-order valence-corrected chi connectivity index (χ1v) is 6.65. The SMILES string of the molecule is CC(=O)CCC(=O)N(C)C.CCCCCN(C)C. The van der Waals surface area contributed by atoms with Crippen molar-refractivity contribution in [1.82, 2.24) is 9.80 Å². The summed E-state index contributed by atoms with van der Waals surface area (Å²) in [6, 6.07) is 0. The highest BCUT2D eigenvalue weighted by molar-refractivity contribution is 5.83. The number of carbonyl (C=O) groups is 2. The van der Waals surface area contributed by atoms with Gasteiger partial charge in [-0.25, -0.2) is 0 Å². The van der Waals surface area contributed by atoms with E-state index in [1.54, 1.807) is 14.1 Å². The number of hydrogen-bond acceptors (Lipinski definition) is 3. The van der Waals surface area contributed by atoms with Crippen LogP contribution in [0.5, 0.6) is 0 Å². The Morgan fingerprint density at radius 3 is 1.83 bits per heavy atom. The van der Waals surface area contributed by atoms with E-state index < -0.39 is 0 Å². The third-order valence-electron chi connectivity index (χ3n) is 2.40. The van der Waals surface area contributed by atoms with Crippen LogP contribution in [-0.4, -0.2) is 56.2 Å². The summed E-state index contributed by atoms with van der Waals surface area (Å²) >= 11 is 0. The van der Waals surface area contributed by atoms with Gasteiger partial charge in [-0.2, -0.15) is 0 Å². The normalized spacial score (nSPS) is 9.72. The molecular formula is C14H30N2O2. The molecule has 0 radical (unpaired) electrons. The zero-order valence-electron chi connectivity index (χ0n) is 13.0. The minimum absolute atomic E-state index is 0.00944. The molecule has 0 saturated carbocycles. The zero-order chi connectivity index (χ0) is 14.6. The van der Waals surface area contributed by atoms with E-state index in [0.29, 0.717) is 12.8 Å². The smallest absolute Gasteiger partial charge is 0.222 e. The molecule has 0 spiro atoms. The molecule has 0 aromatic carbocycles. The standard InChI is InChI=1S/C7H13NO2.C7H17N/c1-6(9)4-5-7(10)8(2)3;1-4-5-6-7-8(2)3/h4-5H2,1-3H3;4-7H2,1-3H3. The van der Waals surface area contributed by atoms with Crippen molar-refractivity contribution in [2.45, 2.75) is 46.0 Å². The van der Waals surface area contributed by atoms with Gasteiger partial charge in [-0.1, -0.05) is 19.8 Å². The van der Waals surface area contributed by atoms with E-state index in [-0.39, 0.29) is 11.7 Å². The maximum absolute atomic E-state index is 10.8. The summed E-state index contributed by atoms with van der Waals surface area (Å²) in [6.07, 6.45) is 4.74. The van der Waals surface area contributed by atoms with Crippen molar-refractivity contribution in [3.63, 3.8) is 0 Å². The fraction of sp³-hybridized carbons (Fsp3) is 0.857. The zero-order valence-corrected chi connectivity index (χ0v) is 13.0. The van der Waals surface area contributed by atoms with E-state index in [1.807, 2.05) is 0 Å². The van der Waals surface area contributed by atoms with Crippen LogP contribution < -0.4 is 0 Å². The van der Waals surface area contributed by atoms with Crippen LogP contribution in [0.15, 0.2) is 0 Å². The number of Topliss-reactive ketones (excluding diaryl/α,β-unsaturated/α-hetero) is 1. The van der Waals surface area contributed by atoms with Gasteiger partial charge in [0.05, 0.1) is 0 Å². The molecule has 0 unspecified atom stereocenters. The van der Waals surface area contributed by atoms with E-state index in [9.17, 15) is 9.59 Å². The lowest BCUT2D eigenvalue weighted by Crippen LogP contribution is -2.21. The molecule has 4 heteroatoms. The Balaban J connectivity index is 0. The van der Waals surface area contributed by atoms with Crippen molar-refractivity contribution in [1.29, 1.82) is 0 Å². The van der Waals surface area contributed by atoms with Gasteiger partial charge in [0, 0.05) is 26.9 Å². The van der Waals surface area contributed by atoms with Crippen LogP contribution in [0.4, 0.5) is 0 Å². The fourth-order valence-corrected chi connectivity index (χ4v) is 1.18. The Bertz CT molecular complexity index is 226. The summed E-state index contributed by atoms with van der Waals surface area (Å²) in [5.74, 6) is 0.0744. The average molecular weight is 258 g/mol. The van der Waals surface area contributed by atoms with Gasteiger partial charge in [-0.3, -0.25) is 4.79 Å². The molecular weight excluding hydrogens is 228 g/mol. The second kappa shape index (κ2) is 12.6. The third-order valence-corrected chi connectivity index (χ3v) is 2.40. The van der Waals surface area contributed by atoms with Crippen molar-refractivity contribution >= 4 is 11.7 Å². The van der Waals surface area contributed by atoms with E-state index >= 15 is 0 Å². The number of carbonyl (C=O) groups excluding carboxylic acids is 2. The lowest BCUT2D eigenvalue weighted by atomic mass is 10.2. The first kappa shape index (κ1) is 19.4. The Labute approximate surface area is 112 Å². The maximum Gasteiger partial charge on any atom is 0.222 e. The number of hydrogen-bond donors (Lipinski definition) is 0. The molecule has 0 aromatic rings. The molecule has 0 aliphatic carbocycles. The summed E-state index contributed by atoms with van der Waals surface area (Å²) in [5.41, 5.74) is 0. The Kier molecular flexibility index (Phi) is 13.6. The molecule has 0 bridgehead atoms.